The Labute approximate surface area is 113 Å². The lowest BCUT2D eigenvalue weighted by atomic mass is 9.75. The molecule has 1 fully saturated rings. The topological polar surface area (TPSA) is 38.3 Å². The Hall–Kier alpha value is -0.0900. The molecule has 0 aromatic carbocycles. The highest BCUT2D eigenvalue weighted by Crippen LogP contribution is 2.35. The van der Waals surface area contributed by atoms with Gasteiger partial charge in [-0.25, -0.2) is 0 Å². The maximum absolute atomic E-state index is 12.1. The lowest BCUT2D eigenvalue weighted by Gasteiger charge is -2.32. The molecule has 1 unspecified atom stereocenters. The first-order chi connectivity index (χ1) is 8.08. The van der Waals surface area contributed by atoms with Crippen LogP contribution in [-0.2, 0) is 9.53 Å². The maximum Gasteiger partial charge on any atom is 0.225 e. The number of carbonyl (C=O) groups excluding carboxylic acids is 1. The van der Waals surface area contributed by atoms with Crippen LogP contribution in [0, 0.1) is 5.41 Å². The average molecular weight is 306 g/mol. The molecule has 1 atom stereocenters. The van der Waals surface area contributed by atoms with Crippen LogP contribution in [0.1, 0.15) is 45.4 Å². The number of amides is 1. The van der Waals surface area contributed by atoms with Crippen molar-refractivity contribution in [2.45, 2.75) is 50.3 Å². The third-order valence-electron chi connectivity index (χ3n) is 3.60. The quantitative estimate of drug-likeness (QED) is 0.766. The van der Waals surface area contributed by atoms with Gasteiger partial charge in [-0.05, 0) is 19.3 Å². The molecule has 0 saturated heterocycles. The van der Waals surface area contributed by atoms with Gasteiger partial charge in [-0.3, -0.25) is 4.79 Å². The number of carbonyl (C=O) groups is 1. The molecule has 0 spiro atoms. The predicted octanol–water partition coefficient (Wildman–Crippen LogP) is 2.87. The monoisotopic (exact) mass is 305 g/mol. The Morgan fingerprint density at radius 2 is 2.06 bits per heavy atom. The Balaban J connectivity index is 2.24. The molecule has 100 valence electrons. The third kappa shape index (κ3) is 4.96. The summed E-state index contributed by atoms with van der Waals surface area (Å²) in [5, 5.41) is 3.06. The first-order valence-electron chi connectivity index (χ1n) is 6.50. The smallest absolute Gasteiger partial charge is 0.225 e. The Kier molecular flexibility index (Phi) is 6.49. The zero-order chi connectivity index (χ0) is 12.7. The van der Waals surface area contributed by atoms with E-state index >= 15 is 0 Å². The fourth-order valence-electron chi connectivity index (χ4n) is 2.38. The predicted molar refractivity (Wildman–Crippen MR) is 73.4 cm³/mol. The van der Waals surface area contributed by atoms with Crippen LogP contribution in [0.4, 0.5) is 0 Å². The van der Waals surface area contributed by atoms with E-state index in [1.807, 2.05) is 0 Å². The van der Waals surface area contributed by atoms with Crippen molar-refractivity contribution in [3.05, 3.63) is 0 Å². The second-order valence-corrected chi connectivity index (χ2v) is 6.51. The van der Waals surface area contributed by atoms with Crippen molar-refractivity contribution in [1.29, 1.82) is 0 Å². The molecule has 1 saturated carbocycles. The van der Waals surface area contributed by atoms with Gasteiger partial charge >= 0.3 is 0 Å². The summed E-state index contributed by atoms with van der Waals surface area (Å²) >= 11 is 3.52. The second kappa shape index (κ2) is 7.37. The molecule has 0 aromatic heterocycles. The van der Waals surface area contributed by atoms with Crippen LogP contribution >= 0.6 is 15.9 Å². The Morgan fingerprint density at radius 3 is 2.65 bits per heavy atom. The van der Waals surface area contributed by atoms with Gasteiger partial charge < -0.3 is 10.1 Å². The summed E-state index contributed by atoms with van der Waals surface area (Å²) in [7, 11) is 1.69. The fraction of sp³-hybridized carbons (Fsp3) is 0.923. The number of alkyl halides is 1. The zero-order valence-electron chi connectivity index (χ0n) is 10.9. The van der Waals surface area contributed by atoms with E-state index in [-0.39, 0.29) is 11.3 Å². The van der Waals surface area contributed by atoms with Crippen LogP contribution in [-0.4, -0.2) is 31.0 Å². The largest absolute Gasteiger partial charge is 0.384 e. The molecule has 4 heteroatoms. The van der Waals surface area contributed by atoms with Gasteiger partial charge in [-0.15, -0.1) is 0 Å². The van der Waals surface area contributed by atoms with Crippen LogP contribution in [0.2, 0.25) is 0 Å². The minimum absolute atomic E-state index is 0.124. The van der Waals surface area contributed by atoms with Crippen molar-refractivity contribution in [2.24, 2.45) is 5.41 Å². The number of ether oxygens (including phenoxy) is 1. The number of hydrogen-bond donors (Lipinski definition) is 1. The molecule has 1 aliphatic rings. The van der Waals surface area contributed by atoms with Gasteiger partial charge in [0.05, 0.1) is 6.61 Å². The highest BCUT2D eigenvalue weighted by atomic mass is 79.9. The van der Waals surface area contributed by atoms with E-state index in [1.54, 1.807) is 7.11 Å². The minimum atomic E-state index is -0.124. The van der Waals surface area contributed by atoms with Crippen molar-refractivity contribution in [2.75, 3.05) is 20.3 Å². The number of halogens is 1. The zero-order valence-corrected chi connectivity index (χ0v) is 12.5. The van der Waals surface area contributed by atoms with Crippen molar-refractivity contribution in [3.63, 3.8) is 0 Å². The first-order valence-corrected chi connectivity index (χ1v) is 7.41. The molecular formula is C13H24BrNO2. The Bertz CT molecular complexity index is 240. The number of hydrogen-bond acceptors (Lipinski definition) is 2. The number of rotatable bonds is 6. The van der Waals surface area contributed by atoms with Gasteiger partial charge in [0.15, 0.2) is 0 Å². The summed E-state index contributed by atoms with van der Waals surface area (Å²) in [5.74, 6) is 0.231. The van der Waals surface area contributed by atoms with Crippen molar-refractivity contribution < 1.29 is 9.53 Å². The molecule has 1 N–H and O–H groups in total. The standard InChI is InChI=1S/C13H24BrNO2/c1-13(7-4-3-5-8-13)12(16)15-9-6-11(14)10-17-2/h11H,3-10H2,1-2H3,(H,15,16). The van der Waals surface area contributed by atoms with E-state index in [4.69, 9.17) is 4.74 Å². The molecular weight excluding hydrogens is 282 g/mol. The van der Waals surface area contributed by atoms with Gasteiger partial charge in [0.2, 0.25) is 5.91 Å². The minimum Gasteiger partial charge on any atom is -0.384 e. The van der Waals surface area contributed by atoms with E-state index in [1.165, 1.54) is 19.3 Å². The van der Waals surface area contributed by atoms with Gasteiger partial charge in [0, 0.05) is 23.9 Å². The molecule has 0 heterocycles. The summed E-state index contributed by atoms with van der Waals surface area (Å²) < 4.78 is 5.04. The summed E-state index contributed by atoms with van der Waals surface area (Å²) in [5.41, 5.74) is -0.124. The van der Waals surface area contributed by atoms with Gasteiger partial charge in [0.25, 0.3) is 0 Å². The maximum atomic E-state index is 12.1. The molecule has 0 radical (unpaired) electrons. The molecule has 0 aromatic rings. The molecule has 1 aliphatic carbocycles. The molecule has 0 bridgehead atoms. The van der Waals surface area contributed by atoms with Gasteiger partial charge in [-0.1, -0.05) is 42.1 Å². The second-order valence-electron chi connectivity index (χ2n) is 5.22. The van der Waals surface area contributed by atoms with Crippen molar-refractivity contribution >= 4 is 21.8 Å². The van der Waals surface area contributed by atoms with E-state index < -0.39 is 0 Å². The number of nitrogens with one attached hydrogen (secondary N) is 1. The third-order valence-corrected chi connectivity index (χ3v) is 4.32. The highest BCUT2D eigenvalue weighted by molar-refractivity contribution is 9.09. The summed E-state index contributed by atoms with van der Waals surface area (Å²) in [6, 6.07) is 0. The van der Waals surface area contributed by atoms with Crippen molar-refractivity contribution in [3.8, 4) is 0 Å². The van der Waals surface area contributed by atoms with Gasteiger partial charge in [-0.2, -0.15) is 0 Å². The van der Waals surface area contributed by atoms with Crippen molar-refractivity contribution in [1.82, 2.24) is 5.32 Å². The van der Waals surface area contributed by atoms with Crippen LogP contribution in [0.15, 0.2) is 0 Å². The molecule has 17 heavy (non-hydrogen) atoms. The Morgan fingerprint density at radius 1 is 1.41 bits per heavy atom. The molecule has 3 nitrogen and oxygen atoms in total. The normalized spacial score (nSPS) is 20.9. The van der Waals surface area contributed by atoms with E-state index in [0.29, 0.717) is 11.4 Å². The lowest BCUT2D eigenvalue weighted by molar-refractivity contribution is -0.131. The first kappa shape index (κ1) is 15.0. The average Bonchev–Trinajstić information content (AvgIpc) is 2.30. The number of methoxy groups -OCH3 is 1. The summed E-state index contributed by atoms with van der Waals surface area (Å²) in [4.78, 5) is 12.4. The van der Waals surface area contributed by atoms with Crippen LogP contribution in [0.25, 0.3) is 0 Å². The fourth-order valence-corrected chi connectivity index (χ4v) is 2.87. The molecule has 1 amide bonds. The molecule has 0 aliphatic heterocycles. The highest BCUT2D eigenvalue weighted by Gasteiger charge is 2.34. The van der Waals surface area contributed by atoms with E-state index in [0.717, 1.165) is 25.8 Å². The van der Waals surface area contributed by atoms with Gasteiger partial charge in [0.1, 0.15) is 0 Å². The molecule has 1 rings (SSSR count). The lowest BCUT2D eigenvalue weighted by Crippen LogP contribution is -2.41. The van der Waals surface area contributed by atoms with Crippen LogP contribution in [0.5, 0.6) is 0 Å². The van der Waals surface area contributed by atoms with E-state index in [2.05, 4.69) is 28.2 Å². The summed E-state index contributed by atoms with van der Waals surface area (Å²) in [6.45, 7) is 3.52. The summed E-state index contributed by atoms with van der Waals surface area (Å²) in [6.07, 6.45) is 6.64. The van der Waals surface area contributed by atoms with Crippen LogP contribution < -0.4 is 5.32 Å². The van der Waals surface area contributed by atoms with E-state index in [9.17, 15) is 4.79 Å². The SMILES string of the molecule is COCC(Br)CCNC(=O)C1(C)CCCCC1. The van der Waals surface area contributed by atoms with Crippen LogP contribution in [0.3, 0.4) is 0 Å².